The van der Waals surface area contributed by atoms with E-state index < -0.39 is 17.2 Å². The predicted molar refractivity (Wildman–Crippen MR) is 119 cm³/mol. The number of likely N-dealkylation sites (tertiary alicyclic amines) is 1. The fourth-order valence-electron chi connectivity index (χ4n) is 3.48. The zero-order chi connectivity index (χ0) is 24.0. The first-order valence-electron chi connectivity index (χ1n) is 10.8. The fraction of sp³-hybridized carbons (Fsp3) is 0.478. The Morgan fingerprint density at radius 3 is 2.61 bits per heavy atom. The molecule has 1 fully saturated rings. The Kier molecular flexibility index (Phi) is 7.76. The number of hydrogen-bond donors (Lipinski definition) is 2. The number of carbonyl (C=O) groups excluding carboxylic acids is 1. The first kappa shape index (κ1) is 24.3. The number of carbonyl (C=O) groups is 1. The molecule has 3 rings (SSSR count). The van der Waals surface area contributed by atoms with Crippen molar-refractivity contribution < 1.29 is 18.3 Å². The lowest BCUT2D eigenvalue weighted by atomic mass is 9.97. The summed E-state index contributed by atoms with van der Waals surface area (Å²) in [5, 5.41) is 14.9. The van der Waals surface area contributed by atoms with Gasteiger partial charge in [-0.25, -0.2) is 23.5 Å². The number of ether oxygens (including phenoxy) is 1. The number of piperidine rings is 1. The van der Waals surface area contributed by atoms with E-state index in [0.29, 0.717) is 37.1 Å². The number of aromatic nitrogens is 2. The van der Waals surface area contributed by atoms with E-state index >= 15 is 0 Å². The number of hydrogen-bond acceptors (Lipinski definition) is 7. The summed E-state index contributed by atoms with van der Waals surface area (Å²) in [6.07, 6.45) is 2.84. The van der Waals surface area contributed by atoms with Crippen molar-refractivity contribution in [1.82, 2.24) is 20.2 Å². The highest BCUT2D eigenvalue weighted by atomic mass is 19.1. The molecule has 1 saturated heterocycles. The van der Waals surface area contributed by atoms with Gasteiger partial charge in [-0.2, -0.15) is 5.26 Å². The van der Waals surface area contributed by atoms with Gasteiger partial charge in [0.05, 0.1) is 16.9 Å². The second kappa shape index (κ2) is 10.5. The number of nitrogens with one attached hydrogen (secondary N) is 2. The number of nitriles is 1. The molecule has 2 aromatic rings. The van der Waals surface area contributed by atoms with Crippen LogP contribution in [0.5, 0.6) is 0 Å². The van der Waals surface area contributed by atoms with Gasteiger partial charge < -0.3 is 20.3 Å². The summed E-state index contributed by atoms with van der Waals surface area (Å²) in [7, 11) is 0. The highest BCUT2D eigenvalue weighted by Gasteiger charge is 2.26. The van der Waals surface area contributed by atoms with Crippen molar-refractivity contribution in [1.29, 1.82) is 5.26 Å². The van der Waals surface area contributed by atoms with E-state index in [4.69, 9.17) is 10.00 Å². The zero-order valence-corrected chi connectivity index (χ0v) is 19.0. The van der Waals surface area contributed by atoms with Gasteiger partial charge in [0.15, 0.2) is 0 Å². The van der Waals surface area contributed by atoms with Crippen LogP contribution in [0.4, 0.5) is 25.1 Å². The molecule has 2 N–H and O–H groups in total. The molecule has 176 valence electrons. The van der Waals surface area contributed by atoms with Crippen molar-refractivity contribution in [2.45, 2.75) is 45.8 Å². The third-order valence-electron chi connectivity index (χ3n) is 5.17. The Bertz CT molecular complexity index is 1030. The Balaban J connectivity index is 1.47. The summed E-state index contributed by atoms with van der Waals surface area (Å²) < 4.78 is 33.3. The van der Waals surface area contributed by atoms with Crippen LogP contribution in [-0.4, -0.2) is 46.2 Å². The van der Waals surface area contributed by atoms with Crippen LogP contribution >= 0.6 is 0 Å². The molecule has 1 aliphatic heterocycles. The maximum atomic E-state index is 14.1. The summed E-state index contributed by atoms with van der Waals surface area (Å²) in [6, 6.07) is 5.02. The van der Waals surface area contributed by atoms with Gasteiger partial charge in [-0.1, -0.05) is 0 Å². The van der Waals surface area contributed by atoms with Gasteiger partial charge >= 0.3 is 6.09 Å². The molecule has 1 amide bonds. The Morgan fingerprint density at radius 2 is 1.94 bits per heavy atom. The van der Waals surface area contributed by atoms with Crippen LogP contribution < -0.4 is 10.6 Å². The summed E-state index contributed by atoms with van der Waals surface area (Å²) in [6.45, 7) is 8.14. The molecule has 8 nitrogen and oxygen atoms in total. The van der Waals surface area contributed by atoms with Crippen LogP contribution in [0.3, 0.4) is 0 Å². The molecule has 0 saturated carbocycles. The monoisotopic (exact) mass is 458 g/mol. The summed E-state index contributed by atoms with van der Waals surface area (Å²) in [5.74, 6) is -0.812. The SMILES string of the molecule is CC(C)(C)OC(=O)N1CCC(CNCc2cc(Nc3cc(F)c(C#N)cc3F)ncn2)CC1. The minimum absolute atomic E-state index is 0.110. The number of anilines is 2. The molecule has 0 radical (unpaired) electrons. The molecule has 33 heavy (non-hydrogen) atoms. The minimum Gasteiger partial charge on any atom is -0.444 e. The number of amides is 1. The Labute approximate surface area is 192 Å². The molecule has 10 heteroatoms. The maximum Gasteiger partial charge on any atom is 0.410 e. The van der Waals surface area contributed by atoms with Crippen molar-refractivity contribution in [2.75, 3.05) is 25.0 Å². The molecule has 1 aromatic heterocycles. The Morgan fingerprint density at radius 1 is 1.21 bits per heavy atom. The van der Waals surface area contributed by atoms with Crippen LogP contribution in [0, 0.1) is 28.9 Å². The van der Waals surface area contributed by atoms with Gasteiger partial charge in [0, 0.05) is 31.8 Å². The summed E-state index contributed by atoms with van der Waals surface area (Å²) in [4.78, 5) is 22.2. The van der Waals surface area contributed by atoms with Crippen molar-refractivity contribution in [3.8, 4) is 6.07 Å². The lowest BCUT2D eigenvalue weighted by Gasteiger charge is -2.33. The van der Waals surface area contributed by atoms with Crippen molar-refractivity contribution in [3.63, 3.8) is 0 Å². The van der Waals surface area contributed by atoms with Gasteiger partial charge in [-0.05, 0) is 52.1 Å². The predicted octanol–water partition coefficient (Wildman–Crippen LogP) is 4.11. The van der Waals surface area contributed by atoms with E-state index in [1.807, 2.05) is 20.8 Å². The second-order valence-electron chi connectivity index (χ2n) is 8.98. The van der Waals surface area contributed by atoms with E-state index in [1.165, 1.54) is 6.33 Å². The van der Waals surface area contributed by atoms with Crippen LogP contribution in [-0.2, 0) is 11.3 Å². The van der Waals surface area contributed by atoms with Gasteiger partial charge in [-0.3, -0.25) is 0 Å². The largest absolute Gasteiger partial charge is 0.444 e. The topological polar surface area (TPSA) is 103 Å². The molecule has 2 heterocycles. The van der Waals surface area contributed by atoms with Gasteiger partial charge in [0.2, 0.25) is 0 Å². The molecule has 0 spiro atoms. The van der Waals surface area contributed by atoms with Crippen LogP contribution in [0.25, 0.3) is 0 Å². The quantitative estimate of drug-likeness (QED) is 0.672. The van der Waals surface area contributed by atoms with Crippen LogP contribution in [0.1, 0.15) is 44.9 Å². The van der Waals surface area contributed by atoms with E-state index in [1.54, 1.807) is 17.0 Å². The van der Waals surface area contributed by atoms with Crippen molar-refractivity contribution >= 4 is 17.6 Å². The number of benzene rings is 1. The van der Waals surface area contributed by atoms with E-state index in [0.717, 1.165) is 31.5 Å². The minimum atomic E-state index is -0.810. The number of nitrogens with zero attached hydrogens (tertiary/aromatic N) is 4. The van der Waals surface area contributed by atoms with Gasteiger partial charge in [0.25, 0.3) is 0 Å². The number of rotatable bonds is 6. The number of halogens is 2. The fourth-order valence-corrected chi connectivity index (χ4v) is 3.48. The molecule has 0 aliphatic carbocycles. The van der Waals surface area contributed by atoms with E-state index in [2.05, 4.69) is 20.6 Å². The summed E-state index contributed by atoms with van der Waals surface area (Å²) >= 11 is 0. The smallest absolute Gasteiger partial charge is 0.410 e. The van der Waals surface area contributed by atoms with E-state index in [-0.39, 0.29) is 17.3 Å². The second-order valence-corrected chi connectivity index (χ2v) is 8.98. The molecule has 0 unspecified atom stereocenters. The highest BCUT2D eigenvalue weighted by Crippen LogP contribution is 2.23. The molecule has 1 aliphatic rings. The molecule has 0 atom stereocenters. The highest BCUT2D eigenvalue weighted by molar-refractivity contribution is 5.68. The van der Waals surface area contributed by atoms with Gasteiger partial charge in [-0.15, -0.1) is 0 Å². The molecule has 1 aromatic carbocycles. The Hall–Kier alpha value is -3.32. The first-order chi connectivity index (χ1) is 15.6. The van der Waals surface area contributed by atoms with Crippen molar-refractivity contribution in [3.05, 3.63) is 47.4 Å². The molecular weight excluding hydrogens is 430 g/mol. The zero-order valence-electron chi connectivity index (χ0n) is 19.0. The average Bonchev–Trinajstić information content (AvgIpc) is 2.75. The van der Waals surface area contributed by atoms with Crippen LogP contribution in [0.2, 0.25) is 0 Å². The standard InChI is InChI=1S/C23H28F2N6O2/c1-23(2,3)33-22(32)31-6-4-15(5-7-31)12-27-13-17-9-21(29-14-28-17)30-20-10-18(24)16(11-26)8-19(20)25/h8-10,14-15,27H,4-7,12-13H2,1-3H3,(H,28,29,30). The normalized spacial score (nSPS) is 14.6. The lowest BCUT2D eigenvalue weighted by molar-refractivity contribution is 0.0184. The first-order valence-corrected chi connectivity index (χ1v) is 10.8. The average molecular weight is 459 g/mol. The molecule has 0 bridgehead atoms. The van der Waals surface area contributed by atoms with E-state index in [9.17, 15) is 13.6 Å². The lowest BCUT2D eigenvalue weighted by Crippen LogP contribution is -2.43. The summed E-state index contributed by atoms with van der Waals surface area (Å²) in [5.41, 5.74) is -0.280. The molecular formula is C23H28F2N6O2. The van der Waals surface area contributed by atoms with Gasteiger partial charge in [0.1, 0.15) is 35.4 Å². The third kappa shape index (κ3) is 7.08. The van der Waals surface area contributed by atoms with Crippen LogP contribution in [0.15, 0.2) is 24.5 Å². The van der Waals surface area contributed by atoms with Crippen molar-refractivity contribution in [2.24, 2.45) is 5.92 Å². The third-order valence-corrected chi connectivity index (χ3v) is 5.17. The maximum absolute atomic E-state index is 14.1.